The number of rotatable bonds is 1. The Labute approximate surface area is 97.9 Å². The van der Waals surface area contributed by atoms with Gasteiger partial charge < -0.3 is 9.80 Å². The molecule has 0 radical (unpaired) electrons. The lowest BCUT2D eigenvalue weighted by Crippen LogP contribution is -2.32. The molecule has 0 N–H and O–H groups in total. The largest absolute Gasteiger partial charge is 0.370 e. The van der Waals surface area contributed by atoms with E-state index in [2.05, 4.69) is 48.0 Å². The van der Waals surface area contributed by atoms with E-state index < -0.39 is 0 Å². The maximum Gasteiger partial charge on any atom is 0.0367 e. The van der Waals surface area contributed by atoms with Crippen LogP contribution in [0.4, 0.5) is 5.69 Å². The zero-order valence-electron chi connectivity index (χ0n) is 10.2. The molecule has 1 aromatic carbocycles. The SMILES string of the molecule is Cc1ccc(N2CC3CCN(C)C3C2)cc1. The van der Waals surface area contributed by atoms with Crippen molar-refractivity contribution in [2.45, 2.75) is 19.4 Å². The zero-order chi connectivity index (χ0) is 11.1. The fourth-order valence-corrected chi connectivity index (χ4v) is 3.14. The van der Waals surface area contributed by atoms with Crippen molar-refractivity contribution in [2.24, 2.45) is 5.92 Å². The molecule has 2 atom stereocenters. The Hall–Kier alpha value is -1.02. The molecule has 0 saturated carbocycles. The van der Waals surface area contributed by atoms with E-state index in [4.69, 9.17) is 0 Å². The third kappa shape index (κ3) is 1.61. The number of fused-ring (bicyclic) bond motifs is 1. The fourth-order valence-electron chi connectivity index (χ4n) is 3.14. The molecule has 2 fully saturated rings. The van der Waals surface area contributed by atoms with Crippen LogP contribution < -0.4 is 4.90 Å². The summed E-state index contributed by atoms with van der Waals surface area (Å²) >= 11 is 0. The molecule has 0 bridgehead atoms. The molecule has 2 saturated heterocycles. The Balaban J connectivity index is 1.76. The van der Waals surface area contributed by atoms with E-state index in [1.54, 1.807) is 0 Å². The summed E-state index contributed by atoms with van der Waals surface area (Å²) < 4.78 is 0. The first-order chi connectivity index (χ1) is 7.74. The van der Waals surface area contributed by atoms with Crippen LogP contribution in [-0.2, 0) is 0 Å². The summed E-state index contributed by atoms with van der Waals surface area (Å²) in [7, 11) is 2.27. The Bertz CT molecular complexity index is 371. The van der Waals surface area contributed by atoms with Gasteiger partial charge in [0.1, 0.15) is 0 Å². The summed E-state index contributed by atoms with van der Waals surface area (Å²) in [5, 5.41) is 0. The molecule has 0 spiro atoms. The lowest BCUT2D eigenvalue weighted by atomic mass is 10.1. The van der Waals surface area contributed by atoms with Gasteiger partial charge in [0, 0.05) is 24.8 Å². The van der Waals surface area contributed by atoms with Crippen LogP contribution in [0.3, 0.4) is 0 Å². The van der Waals surface area contributed by atoms with Crippen molar-refractivity contribution in [3.05, 3.63) is 29.8 Å². The Morgan fingerprint density at radius 1 is 1.12 bits per heavy atom. The lowest BCUT2D eigenvalue weighted by molar-refractivity contribution is 0.310. The Kier molecular flexibility index (Phi) is 2.40. The minimum Gasteiger partial charge on any atom is -0.370 e. The summed E-state index contributed by atoms with van der Waals surface area (Å²) in [5.41, 5.74) is 2.74. The fraction of sp³-hybridized carbons (Fsp3) is 0.571. The van der Waals surface area contributed by atoms with Gasteiger partial charge in [-0.25, -0.2) is 0 Å². The number of aryl methyl sites for hydroxylation is 1. The van der Waals surface area contributed by atoms with Gasteiger partial charge in [-0.3, -0.25) is 0 Å². The predicted octanol–water partition coefficient (Wildman–Crippen LogP) is 2.14. The van der Waals surface area contributed by atoms with Gasteiger partial charge in [0.15, 0.2) is 0 Å². The van der Waals surface area contributed by atoms with Crippen molar-refractivity contribution in [1.82, 2.24) is 4.90 Å². The van der Waals surface area contributed by atoms with Crippen molar-refractivity contribution in [3.8, 4) is 0 Å². The molecule has 2 heterocycles. The highest BCUT2D eigenvalue weighted by Crippen LogP contribution is 2.33. The number of nitrogens with zero attached hydrogens (tertiary/aromatic N) is 2. The first-order valence-electron chi connectivity index (χ1n) is 6.26. The molecule has 16 heavy (non-hydrogen) atoms. The average molecular weight is 216 g/mol. The van der Waals surface area contributed by atoms with Crippen molar-refractivity contribution in [1.29, 1.82) is 0 Å². The van der Waals surface area contributed by atoms with Crippen LogP contribution in [0.5, 0.6) is 0 Å². The van der Waals surface area contributed by atoms with E-state index in [9.17, 15) is 0 Å². The normalized spacial score (nSPS) is 29.8. The van der Waals surface area contributed by atoms with Crippen LogP contribution in [0.1, 0.15) is 12.0 Å². The number of likely N-dealkylation sites (tertiary alicyclic amines) is 1. The summed E-state index contributed by atoms with van der Waals surface area (Å²) in [4.78, 5) is 5.07. The van der Waals surface area contributed by atoms with Crippen LogP contribution in [0, 0.1) is 12.8 Å². The van der Waals surface area contributed by atoms with Gasteiger partial charge >= 0.3 is 0 Å². The minimum absolute atomic E-state index is 0.793. The maximum atomic E-state index is 2.55. The van der Waals surface area contributed by atoms with E-state index in [-0.39, 0.29) is 0 Å². The second kappa shape index (κ2) is 3.77. The number of likely N-dealkylation sites (N-methyl/N-ethyl adjacent to an activating group) is 1. The smallest absolute Gasteiger partial charge is 0.0367 e. The standard InChI is InChI=1S/C14H20N2/c1-11-3-5-13(6-4-11)16-9-12-7-8-15(2)14(12)10-16/h3-6,12,14H,7-10H2,1-2H3. The molecule has 2 nitrogen and oxygen atoms in total. The quantitative estimate of drug-likeness (QED) is 0.709. The second-order valence-corrected chi connectivity index (χ2v) is 5.34. The molecule has 2 heteroatoms. The van der Waals surface area contributed by atoms with Crippen LogP contribution in [0.25, 0.3) is 0 Å². The average Bonchev–Trinajstić information content (AvgIpc) is 2.83. The summed E-state index contributed by atoms with van der Waals surface area (Å²) in [6, 6.07) is 9.74. The van der Waals surface area contributed by atoms with E-state index >= 15 is 0 Å². The van der Waals surface area contributed by atoms with Crippen LogP contribution >= 0.6 is 0 Å². The summed E-state index contributed by atoms with van der Waals surface area (Å²) in [6.07, 6.45) is 1.38. The third-order valence-corrected chi connectivity index (χ3v) is 4.22. The highest BCUT2D eigenvalue weighted by atomic mass is 15.3. The van der Waals surface area contributed by atoms with Crippen molar-refractivity contribution < 1.29 is 0 Å². The zero-order valence-corrected chi connectivity index (χ0v) is 10.2. The highest BCUT2D eigenvalue weighted by Gasteiger charge is 2.39. The summed E-state index contributed by atoms with van der Waals surface area (Å²) in [6.45, 7) is 5.90. The van der Waals surface area contributed by atoms with Gasteiger partial charge in [-0.2, -0.15) is 0 Å². The molecule has 0 aliphatic carbocycles. The van der Waals surface area contributed by atoms with Crippen molar-refractivity contribution in [3.63, 3.8) is 0 Å². The molecule has 0 amide bonds. The Morgan fingerprint density at radius 3 is 2.56 bits per heavy atom. The van der Waals surface area contributed by atoms with E-state index in [1.165, 1.54) is 37.3 Å². The molecular weight excluding hydrogens is 196 g/mol. The highest BCUT2D eigenvalue weighted by molar-refractivity contribution is 5.49. The maximum absolute atomic E-state index is 2.55. The molecule has 0 aromatic heterocycles. The van der Waals surface area contributed by atoms with Gasteiger partial charge in [0.05, 0.1) is 0 Å². The van der Waals surface area contributed by atoms with Gasteiger partial charge in [0.2, 0.25) is 0 Å². The van der Waals surface area contributed by atoms with E-state index in [1.807, 2.05) is 0 Å². The Morgan fingerprint density at radius 2 is 1.88 bits per heavy atom. The van der Waals surface area contributed by atoms with Crippen LogP contribution in [0.2, 0.25) is 0 Å². The van der Waals surface area contributed by atoms with Crippen LogP contribution in [0.15, 0.2) is 24.3 Å². The van der Waals surface area contributed by atoms with E-state index in [0.29, 0.717) is 0 Å². The van der Waals surface area contributed by atoms with Crippen molar-refractivity contribution >= 4 is 5.69 Å². The van der Waals surface area contributed by atoms with Gasteiger partial charge in [0.25, 0.3) is 0 Å². The first-order valence-corrected chi connectivity index (χ1v) is 6.26. The molecular formula is C14H20N2. The van der Waals surface area contributed by atoms with E-state index in [0.717, 1.165) is 12.0 Å². The van der Waals surface area contributed by atoms with Gasteiger partial charge in [-0.05, 0) is 45.0 Å². The topological polar surface area (TPSA) is 6.48 Å². The predicted molar refractivity (Wildman–Crippen MR) is 67.9 cm³/mol. The summed E-state index contributed by atoms with van der Waals surface area (Å²) in [5.74, 6) is 0.895. The number of hydrogen-bond acceptors (Lipinski definition) is 2. The van der Waals surface area contributed by atoms with Crippen molar-refractivity contribution in [2.75, 3.05) is 31.6 Å². The number of benzene rings is 1. The molecule has 1 aromatic rings. The van der Waals surface area contributed by atoms with Crippen LogP contribution in [-0.4, -0.2) is 37.6 Å². The third-order valence-electron chi connectivity index (χ3n) is 4.22. The number of hydrogen-bond donors (Lipinski definition) is 0. The molecule has 2 aliphatic rings. The monoisotopic (exact) mass is 216 g/mol. The number of anilines is 1. The first kappa shape index (κ1) is 10.2. The minimum atomic E-state index is 0.793. The van der Waals surface area contributed by atoms with Gasteiger partial charge in [-0.15, -0.1) is 0 Å². The lowest BCUT2D eigenvalue weighted by Gasteiger charge is -2.22. The molecule has 3 rings (SSSR count). The second-order valence-electron chi connectivity index (χ2n) is 5.34. The molecule has 86 valence electrons. The molecule has 2 unspecified atom stereocenters. The molecule has 2 aliphatic heterocycles. The van der Waals surface area contributed by atoms with Gasteiger partial charge in [-0.1, -0.05) is 17.7 Å².